The van der Waals surface area contributed by atoms with E-state index in [9.17, 15) is 4.39 Å². The predicted molar refractivity (Wildman–Crippen MR) is 181 cm³/mol. The fourth-order valence-corrected chi connectivity index (χ4v) is 6.36. The highest BCUT2D eigenvalue weighted by Crippen LogP contribution is 2.31. The highest BCUT2D eigenvalue weighted by atomic mass is 35.5. The van der Waals surface area contributed by atoms with Crippen molar-refractivity contribution in [1.82, 2.24) is 24.3 Å². The molecule has 11 heteroatoms. The molecule has 7 nitrogen and oxygen atoms in total. The van der Waals surface area contributed by atoms with Gasteiger partial charge in [0.2, 0.25) is 0 Å². The van der Waals surface area contributed by atoms with Crippen LogP contribution in [0.25, 0.3) is 11.4 Å². The van der Waals surface area contributed by atoms with E-state index in [4.69, 9.17) is 39.8 Å². The summed E-state index contributed by atoms with van der Waals surface area (Å²) in [6.45, 7) is 4.75. The molecule has 4 heterocycles. The molecule has 8 rings (SSSR count). The second-order valence-corrected chi connectivity index (χ2v) is 12.0. The van der Waals surface area contributed by atoms with Crippen molar-refractivity contribution >= 4 is 46.2 Å². The molecule has 0 radical (unpaired) electrons. The molecule has 0 unspecified atom stereocenters. The molecule has 46 heavy (non-hydrogen) atoms. The fourth-order valence-electron chi connectivity index (χ4n) is 5.79. The summed E-state index contributed by atoms with van der Waals surface area (Å²) in [7, 11) is 0. The van der Waals surface area contributed by atoms with E-state index in [0.29, 0.717) is 39.4 Å². The largest absolute Gasteiger partial charge is 0.298 e. The molecule has 0 fully saturated rings. The van der Waals surface area contributed by atoms with Gasteiger partial charge in [-0.2, -0.15) is 0 Å². The molecule has 2 aliphatic heterocycles. The van der Waals surface area contributed by atoms with Gasteiger partial charge in [-0.25, -0.2) is 9.37 Å². The summed E-state index contributed by atoms with van der Waals surface area (Å²) in [5.41, 5.74) is 7.37. The summed E-state index contributed by atoms with van der Waals surface area (Å²) in [4.78, 5) is 13.8. The zero-order valence-corrected chi connectivity index (χ0v) is 27.0. The number of imidazole rings is 1. The summed E-state index contributed by atoms with van der Waals surface area (Å²) >= 11 is 18.8. The zero-order valence-electron chi connectivity index (χ0n) is 24.7. The standard InChI is InChI=1S/C18H13ClFN3.C17H12Cl2N4/c1-11-21-9-13-10-22-18(14-4-2-3-5-16(14)20)15-8-12(19)6-7-17(15)23(11)13;1-10-21-22-16-9-20-17(12-4-2-3-5-14(12)19)13-8-11(18)6-7-15(13)23(10)16/h2-9H,10H2,1H3;2-8H,9H2,1H3. The van der Waals surface area contributed by atoms with Gasteiger partial charge in [-0.15, -0.1) is 10.2 Å². The highest BCUT2D eigenvalue weighted by molar-refractivity contribution is 6.36. The average molecular weight is 669 g/mol. The Balaban J connectivity index is 0.000000147. The summed E-state index contributed by atoms with van der Waals surface area (Å²) < 4.78 is 18.4. The van der Waals surface area contributed by atoms with Gasteiger partial charge in [0.05, 0.1) is 41.2 Å². The van der Waals surface area contributed by atoms with Crippen molar-refractivity contribution < 1.29 is 4.39 Å². The molecule has 0 saturated heterocycles. The molecule has 0 spiro atoms. The maximum atomic E-state index is 14.3. The minimum Gasteiger partial charge on any atom is -0.298 e. The van der Waals surface area contributed by atoms with Gasteiger partial charge >= 0.3 is 0 Å². The summed E-state index contributed by atoms with van der Waals surface area (Å²) in [5.74, 6) is 2.19. The Morgan fingerprint density at radius 3 is 1.93 bits per heavy atom. The molecular weight excluding hydrogens is 644 g/mol. The number of nitrogens with zero attached hydrogens (tertiary/aromatic N) is 7. The van der Waals surface area contributed by atoms with Gasteiger partial charge in [-0.1, -0.05) is 65.1 Å². The van der Waals surface area contributed by atoms with Crippen LogP contribution in [-0.2, 0) is 13.1 Å². The monoisotopic (exact) mass is 667 g/mol. The van der Waals surface area contributed by atoms with E-state index < -0.39 is 0 Å². The quantitative estimate of drug-likeness (QED) is 0.186. The van der Waals surface area contributed by atoms with Crippen LogP contribution < -0.4 is 0 Å². The number of hydrogen-bond donors (Lipinski definition) is 0. The minimum atomic E-state index is -0.293. The molecular formula is C35H25Cl3FN7. The van der Waals surface area contributed by atoms with Crippen molar-refractivity contribution in [3.63, 3.8) is 0 Å². The Hall–Kier alpha value is -4.63. The van der Waals surface area contributed by atoms with Crippen molar-refractivity contribution in [2.24, 2.45) is 9.98 Å². The number of benzene rings is 4. The lowest BCUT2D eigenvalue weighted by molar-refractivity contribution is 0.625. The second kappa shape index (κ2) is 12.3. The van der Waals surface area contributed by atoms with Crippen LogP contribution in [0, 0.1) is 19.7 Å². The van der Waals surface area contributed by atoms with E-state index in [1.807, 2.05) is 95.9 Å². The average Bonchev–Trinajstić information content (AvgIpc) is 3.49. The molecule has 0 aliphatic carbocycles. The van der Waals surface area contributed by atoms with Crippen LogP contribution in [0.5, 0.6) is 0 Å². The Morgan fingerprint density at radius 1 is 0.630 bits per heavy atom. The van der Waals surface area contributed by atoms with Crippen molar-refractivity contribution in [2.45, 2.75) is 26.9 Å². The number of hydrogen-bond acceptors (Lipinski definition) is 5. The van der Waals surface area contributed by atoms with E-state index >= 15 is 0 Å². The van der Waals surface area contributed by atoms with Gasteiger partial charge in [-0.3, -0.25) is 19.1 Å². The number of rotatable bonds is 2. The van der Waals surface area contributed by atoms with Crippen LogP contribution >= 0.6 is 34.8 Å². The summed E-state index contributed by atoms with van der Waals surface area (Å²) in [6, 6.07) is 25.7. The van der Waals surface area contributed by atoms with E-state index in [1.165, 1.54) is 6.07 Å². The third-order valence-corrected chi connectivity index (χ3v) is 8.65. The van der Waals surface area contributed by atoms with E-state index in [1.54, 1.807) is 12.1 Å². The van der Waals surface area contributed by atoms with Crippen molar-refractivity contribution in [2.75, 3.05) is 0 Å². The van der Waals surface area contributed by atoms with Crippen LogP contribution in [0.15, 0.2) is 101 Å². The Morgan fingerprint density at radius 2 is 1.24 bits per heavy atom. The lowest BCUT2D eigenvalue weighted by Crippen LogP contribution is -2.09. The molecule has 0 N–H and O–H groups in total. The topological polar surface area (TPSA) is 73.2 Å². The van der Waals surface area contributed by atoms with Gasteiger partial charge in [0.25, 0.3) is 0 Å². The van der Waals surface area contributed by atoms with Crippen molar-refractivity contribution in [1.29, 1.82) is 0 Å². The molecule has 0 bridgehead atoms. The number of halogens is 4. The fraction of sp³-hybridized carbons (Fsp3) is 0.114. The number of aliphatic imine (C=N–C) groups is 2. The van der Waals surface area contributed by atoms with Crippen molar-refractivity contribution in [3.8, 4) is 11.4 Å². The smallest absolute Gasteiger partial charge is 0.159 e. The van der Waals surface area contributed by atoms with Crippen LogP contribution in [0.1, 0.15) is 45.4 Å². The van der Waals surface area contributed by atoms with Crippen LogP contribution in [-0.4, -0.2) is 35.7 Å². The molecule has 228 valence electrons. The van der Waals surface area contributed by atoms with Gasteiger partial charge in [0, 0.05) is 37.3 Å². The Bertz CT molecular complexity index is 2040. The SMILES string of the molecule is Cc1ncc2n1-c1ccc(Cl)cc1C(c1ccccc1F)=NC2.Cc1nnc2n1-c1ccc(Cl)cc1C(c1ccccc1Cl)=NC2. The molecule has 6 aromatic rings. The third-order valence-electron chi connectivity index (χ3n) is 7.85. The minimum absolute atomic E-state index is 0.293. The Kier molecular flexibility index (Phi) is 8.02. The molecule has 0 atom stereocenters. The highest BCUT2D eigenvalue weighted by Gasteiger charge is 2.24. The van der Waals surface area contributed by atoms with Crippen molar-refractivity contribution in [3.05, 3.63) is 157 Å². The van der Waals surface area contributed by atoms with Gasteiger partial charge in [0.15, 0.2) is 5.82 Å². The van der Waals surface area contributed by atoms with Crippen LogP contribution in [0.4, 0.5) is 4.39 Å². The Labute approximate surface area is 279 Å². The molecule has 2 aromatic heterocycles. The van der Waals surface area contributed by atoms with E-state index in [2.05, 4.69) is 20.2 Å². The summed E-state index contributed by atoms with van der Waals surface area (Å²) in [5, 5.41) is 10.3. The normalized spacial score (nSPS) is 13.1. The lowest BCUT2D eigenvalue weighted by atomic mass is 10.00. The number of aromatic nitrogens is 5. The second-order valence-electron chi connectivity index (χ2n) is 10.7. The van der Waals surface area contributed by atoms with Crippen LogP contribution in [0.3, 0.4) is 0 Å². The van der Waals surface area contributed by atoms with Gasteiger partial charge in [-0.05, 0) is 68.4 Å². The summed E-state index contributed by atoms with van der Waals surface area (Å²) in [6.07, 6.45) is 1.81. The zero-order chi connectivity index (χ0) is 31.9. The first-order valence-electron chi connectivity index (χ1n) is 14.4. The third kappa shape index (κ3) is 5.42. The van der Waals surface area contributed by atoms with Gasteiger partial charge < -0.3 is 0 Å². The van der Waals surface area contributed by atoms with Crippen LogP contribution in [0.2, 0.25) is 15.1 Å². The maximum absolute atomic E-state index is 14.3. The first-order chi connectivity index (χ1) is 22.3. The molecule has 4 aromatic carbocycles. The predicted octanol–water partition coefficient (Wildman–Crippen LogP) is 8.56. The van der Waals surface area contributed by atoms with E-state index in [0.717, 1.165) is 56.9 Å². The number of aryl methyl sites for hydroxylation is 2. The molecule has 0 amide bonds. The maximum Gasteiger partial charge on any atom is 0.159 e. The lowest BCUT2D eigenvalue weighted by Gasteiger charge is -2.14. The molecule has 2 aliphatic rings. The first-order valence-corrected chi connectivity index (χ1v) is 15.6. The molecule has 0 saturated carbocycles. The number of fused-ring (bicyclic) bond motifs is 6. The van der Waals surface area contributed by atoms with Gasteiger partial charge in [0.1, 0.15) is 24.0 Å². The van der Waals surface area contributed by atoms with E-state index in [-0.39, 0.29) is 5.82 Å². The first kappa shape index (κ1) is 30.0.